The van der Waals surface area contributed by atoms with E-state index in [1.807, 2.05) is 24.3 Å². The van der Waals surface area contributed by atoms with E-state index in [4.69, 9.17) is 23.7 Å². The van der Waals surface area contributed by atoms with Crippen LogP contribution >= 0.6 is 0 Å². The maximum absolute atomic E-state index is 11.9. The molecule has 4 rings (SSSR count). The summed E-state index contributed by atoms with van der Waals surface area (Å²) >= 11 is 0. The Morgan fingerprint density at radius 3 is 1.04 bits per heavy atom. The Bertz CT molecular complexity index is 1490. The topological polar surface area (TPSA) is 114 Å². The van der Waals surface area contributed by atoms with Crippen molar-refractivity contribution in [2.75, 3.05) is 19.8 Å². The van der Waals surface area contributed by atoms with Crippen molar-refractivity contribution in [1.82, 2.24) is 0 Å². The van der Waals surface area contributed by atoms with E-state index in [0.29, 0.717) is 22.3 Å². The maximum atomic E-state index is 11.9. The van der Waals surface area contributed by atoms with Crippen LogP contribution in [-0.2, 0) is 23.7 Å². The van der Waals surface area contributed by atoms with Crippen molar-refractivity contribution in [3.05, 3.63) is 144 Å². The number of ether oxygens (including phenoxy) is 5. The third-order valence-corrected chi connectivity index (χ3v) is 6.17. The van der Waals surface area contributed by atoms with Crippen molar-refractivity contribution in [2.45, 2.75) is 39.1 Å². The first-order valence-electron chi connectivity index (χ1n) is 14.8. The van der Waals surface area contributed by atoms with Crippen LogP contribution in [-0.4, -0.2) is 62.0 Å². The molecule has 0 amide bonds. The minimum atomic E-state index is -0.509. The van der Waals surface area contributed by atoms with Crippen LogP contribution in [0.5, 0.6) is 0 Å². The van der Waals surface area contributed by atoms with E-state index in [1.165, 1.54) is 0 Å². The van der Waals surface area contributed by atoms with Gasteiger partial charge < -0.3 is 23.7 Å². The van der Waals surface area contributed by atoms with Gasteiger partial charge in [0.05, 0.1) is 35.0 Å². The molecule has 9 nitrogen and oxygen atoms in total. The van der Waals surface area contributed by atoms with Crippen LogP contribution in [0.4, 0.5) is 0 Å². The highest BCUT2D eigenvalue weighted by Gasteiger charge is 2.16. The largest absolute Gasteiger partial charge is 0.459 e. The standard InChI is InChI=1S/C20H22O5.C17H16O4/c1-15(13-24-19(21)17-9-5-3-6-10-17)23-14-16(2)25-20(22)18-11-7-4-8-12-18;1-13(21-17(19)15-10-6-3-7-11-15)12-20-16(18)14-8-4-2-5-9-14/h3-12,15-16H,13-14H2,1-2H3;2-11,13H,12H2,1H3. The molecule has 3 unspecified atom stereocenters. The number of benzene rings is 4. The number of rotatable bonds is 13. The maximum Gasteiger partial charge on any atom is 0.338 e. The zero-order valence-corrected chi connectivity index (χ0v) is 26.1. The van der Waals surface area contributed by atoms with Crippen molar-refractivity contribution in [3.8, 4) is 0 Å². The van der Waals surface area contributed by atoms with Crippen LogP contribution in [0.2, 0.25) is 0 Å². The summed E-state index contributed by atoms with van der Waals surface area (Å²) in [5, 5.41) is 0. The fraction of sp³-hybridized carbons (Fsp3) is 0.243. The smallest absolute Gasteiger partial charge is 0.338 e. The fourth-order valence-corrected chi connectivity index (χ4v) is 3.77. The van der Waals surface area contributed by atoms with Crippen LogP contribution in [0.3, 0.4) is 0 Å². The quantitative estimate of drug-likeness (QED) is 0.120. The number of carbonyl (C=O) groups excluding carboxylic acids is 4. The first kappa shape index (κ1) is 35.2. The molecule has 0 aliphatic heterocycles. The molecule has 0 aromatic heterocycles. The molecule has 0 N–H and O–H groups in total. The van der Waals surface area contributed by atoms with E-state index in [1.54, 1.807) is 118 Å². The van der Waals surface area contributed by atoms with Crippen LogP contribution in [0, 0.1) is 0 Å². The summed E-state index contributed by atoms with van der Waals surface area (Å²) in [7, 11) is 0. The molecule has 0 aliphatic rings. The predicted molar refractivity (Wildman–Crippen MR) is 172 cm³/mol. The van der Waals surface area contributed by atoms with E-state index in [-0.39, 0.29) is 37.9 Å². The van der Waals surface area contributed by atoms with E-state index < -0.39 is 24.1 Å². The Kier molecular flexibility index (Phi) is 14.7. The predicted octanol–water partition coefficient (Wildman–Crippen LogP) is 6.58. The highest BCUT2D eigenvalue weighted by Crippen LogP contribution is 2.08. The lowest BCUT2D eigenvalue weighted by molar-refractivity contribution is -0.0380. The van der Waals surface area contributed by atoms with Crippen molar-refractivity contribution in [3.63, 3.8) is 0 Å². The molecule has 0 saturated carbocycles. The Labute approximate surface area is 269 Å². The normalized spacial score (nSPS) is 12.2. The second-order valence-corrected chi connectivity index (χ2v) is 10.2. The van der Waals surface area contributed by atoms with Gasteiger partial charge in [-0.25, -0.2) is 19.2 Å². The summed E-state index contributed by atoms with van der Waals surface area (Å²) in [4.78, 5) is 47.3. The molecular formula is C37H38O9. The Morgan fingerprint density at radius 2 is 0.696 bits per heavy atom. The van der Waals surface area contributed by atoms with Gasteiger partial charge in [0.1, 0.15) is 25.4 Å². The molecule has 0 heterocycles. The zero-order valence-electron chi connectivity index (χ0n) is 26.1. The van der Waals surface area contributed by atoms with Crippen LogP contribution in [0.15, 0.2) is 121 Å². The molecular weight excluding hydrogens is 588 g/mol. The number of hydrogen-bond donors (Lipinski definition) is 0. The van der Waals surface area contributed by atoms with E-state index in [0.717, 1.165) is 0 Å². The van der Waals surface area contributed by atoms with Gasteiger partial charge >= 0.3 is 23.9 Å². The van der Waals surface area contributed by atoms with Crippen molar-refractivity contribution < 1.29 is 42.9 Å². The molecule has 9 heteroatoms. The molecule has 0 radical (unpaired) electrons. The van der Waals surface area contributed by atoms with Crippen LogP contribution < -0.4 is 0 Å². The van der Waals surface area contributed by atoms with E-state index >= 15 is 0 Å². The minimum Gasteiger partial charge on any atom is -0.459 e. The van der Waals surface area contributed by atoms with Crippen molar-refractivity contribution >= 4 is 23.9 Å². The van der Waals surface area contributed by atoms with Gasteiger partial charge in [-0.15, -0.1) is 0 Å². The van der Waals surface area contributed by atoms with Gasteiger partial charge in [0.15, 0.2) is 0 Å². The molecule has 0 spiro atoms. The first-order valence-corrected chi connectivity index (χ1v) is 14.8. The molecule has 46 heavy (non-hydrogen) atoms. The molecule has 0 aliphatic carbocycles. The van der Waals surface area contributed by atoms with Gasteiger partial charge in [-0.1, -0.05) is 72.8 Å². The lowest BCUT2D eigenvalue weighted by atomic mass is 10.2. The summed E-state index contributed by atoms with van der Waals surface area (Å²) in [5.41, 5.74) is 1.94. The molecule has 0 saturated heterocycles. The number of carbonyl (C=O) groups is 4. The Balaban J connectivity index is 0.000000254. The summed E-state index contributed by atoms with van der Waals surface area (Å²) in [6.07, 6.45) is -1.21. The summed E-state index contributed by atoms with van der Waals surface area (Å²) in [5.74, 6) is -1.64. The van der Waals surface area contributed by atoms with Gasteiger partial charge in [0.2, 0.25) is 0 Å². The van der Waals surface area contributed by atoms with Crippen molar-refractivity contribution in [1.29, 1.82) is 0 Å². The van der Waals surface area contributed by atoms with E-state index in [2.05, 4.69) is 0 Å². The third kappa shape index (κ3) is 12.8. The summed E-state index contributed by atoms with van der Waals surface area (Å²) in [6.45, 7) is 5.61. The van der Waals surface area contributed by atoms with Crippen molar-refractivity contribution in [2.24, 2.45) is 0 Å². The summed E-state index contributed by atoms with van der Waals surface area (Å²) < 4.78 is 26.4. The van der Waals surface area contributed by atoms with Gasteiger partial charge in [0, 0.05) is 0 Å². The summed E-state index contributed by atoms with van der Waals surface area (Å²) in [6, 6.07) is 34.9. The fourth-order valence-electron chi connectivity index (χ4n) is 3.77. The Morgan fingerprint density at radius 1 is 0.413 bits per heavy atom. The number of esters is 4. The first-order chi connectivity index (χ1) is 22.2. The van der Waals surface area contributed by atoms with E-state index in [9.17, 15) is 19.2 Å². The molecule has 0 fully saturated rings. The molecule has 3 atom stereocenters. The average molecular weight is 627 g/mol. The van der Waals surface area contributed by atoms with Crippen LogP contribution in [0.1, 0.15) is 62.2 Å². The average Bonchev–Trinajstić information content (AvgIpc) is 3.10. The monoisotopic (exact) mass is 626 g/mol. The molecule has 0 bridgehead atoms. The second kappa shape index (κ2) is 19.2. The van der Waals surface area contributed by atoms with Gasteiger partial charge in [-0.2, -0.15) is 0 Å². The minimum absolute atomic E-state index is 0.0201. The highest BCUT2D eigenvalue weighted by molar-refractivity contribution is 5.91. The van der Waals surface area contributed by atoms with Gasteiger partial charge in [-0.3, -0.25) is 0 Å². The van der Waals surface area contributed by atoms with Crippen LogP contribution in [0.25, 0.3) is 0 Å². The highest BCUT2D eigenvalue weighted by atomic mass is 16.6. The lowest BCUT2D eigenvalue weighted by Gasteiger charge is -2.17. The van der Waals surface area contributed by atoms with Gasteiger partial charge in [0.25, 0.3) is 0 Å². The number of hydrogen-bond acceptors (Lipinski definition) is 9. The zero-order chi connectivity index (χ0) is 33.1. The lowest BCUT2D eigenvalue weighted by Crippen LogP contribution is -2.26. The second-order valence-electron chi connectivity index (χ2n) is 10.2. The van der Waals surface area contributed by atoms with Gasteiger partial charge in [-0.05, 0) is 69.3 Å². The SMILES string of the molecule is CC(COC(=O)c1ccccc1)OC(=O)c1ccccc1.CC(COC(=O)c1ccccc1)OCC(C)OC(=O)c1ccccc1. The molecule has 240 valence electrons. The molecule has 4 aromatic rings. The molecule has 4 aromatic carbocycles. The Hall–Kier alpha value is -5.28. The third-order valence-electron chi connectivity index (χ3n) is 6.17.